The van der Waals surface area contributed by atoms with Crippen LogP contribution in [0.25, 0.3) is 0 Å². The van der Waals surface area contributed by atoms with Crippen LogP contribution in [0.15, 0.2) is 42.5 Å². The average Bonchev–Trinajstić information content (AvgIpc) is 2.98. The number of Topliss-reactive ketones (excluding diaryl/α,β-unsaturated/α-hetero) is 1. The van der Waals surface area contributed by atoms with Crippen molar-refractivity contribution < 1.29 is 9.90 Å². The summed E-state index contributed by atoms with van der Waals surface area (Å²) in [6, 6.07) is 13.8. The van der Waals surface area contributed by atoms with Crippen LogP contribution in [0.1, 0.15) is 29.3 Å². The molecule has 0 aromatic heterocycles. The Labute approximate surface area is 147 Å². The summed E-state index contributed by atoms with van der Waals surface area (Å²) in [5.74, 6) is -0.132. The highest BCUT2D eigenvalue weighted by molar-refractivity contribution is 6.31. The minimum absolute atomic E-state index is 0.0476. The third-order valence-electron chi connectivity index (χ3n) is 4.34. The van der Waals surface area contributed by atoms with Crippen molar-refractivity contribution in [3.63, 3.8) is 0 Å². The molecule has 1 atom stereocenters. The molecule has 1 aliphatic heterocycles. The molecule has 1 heterocycles. The van der Waals surface area contributed by atoms with E-state index < -0.39 is 0 Å². The Balaban J connectivity index is 1.66. The fraction of sp³-hybridized carbons (Fsp3) is 0.316. The lowest BCUT2D eigenvalue weighted by atomic mass is 10.1. The van der Waals surface area contributed by atoms with Crippen molar-refractivity contribution in [3.8, 4) is 5.75 Å². The normalized spacial score (nSPS) is 17.8. The summed E-state index contributed by atoms with van der Waals surface area (Å²) in [5.41, 5.74) is 2.11. The molecule has 0 radical (unpaired) electrons. The van der Waals surface area contributed by atoms with Crippen LogP contribution in [-0.2, 0) is 6.54 Å². The zero-order valence-electron chi connectivity index (χ0n) is 13.6. The van der Waals surface area contributed by atoms with Gasteiger partial charge in [0.15, 0.2) is 5.78 Å². The van der Waals surface area contributed by atoms with Crippen LogP contribution in [0.5, 0.6) is 5.75 Å². The summed E-state index contributed by atoms with van der Waals surface area (Å²) in [6.07, 6.45) is 1.04. The molecule has 1 fully saturated rings. The number of ketones is 1. The van der Waals surface area contributed by atoms with Crippen molar-refractivity contribution in [2.24, 2.45) is 0 Å². The van der Waals surface area contributed by atoms with E-state index in [1.807, 2.05) is 18.2 Å². The van der Waals surface area contributed by atoms with Gasteiger partial charge in [0.05, 0.1) is 5.56 Å². The minimum Gasteiger partial charge on any atom is -0.507 e. The van der Waals surface area contributed by atoms with E-state index in [1.165, 1.54) is 13.0 Å². The zero-order chi connectivity index (χ0) is 17.1. The third kappa shape index (κ3) is 3.89. The highest BCUT2D eigenvalue weighted by Crippen LogP contribution is 2.29. The Kier molecular flexibility index (Phi) is 5.07. The van der Waals surface area contributed by atoms with Gasteiger partial charge in [-0.25, -0.2) is 0 Å². The topological polar surface area (TPSA) is 52.6 Å². The van der Waals surface area contributed by atoms with Gasteiger partial charge in [-0.2, -0.15) is 0 Å². The van der Waals surface area contributed by atoms with Crippen molar-refractivity contribution in [3.05, 3.63) is 58.6 Å². The molecule has 24 heavy (non-hydrogen) atoms. The van der Waals surface area contributed by atoms with Crippen molar-refractivity contribution in [2.45, 2.75) is 25.9 Å². The molecular weight excluding hydrogens is 324 g/mol. The number of aromatic hydroxyl groups is 1. The largest absolute Gasteiger partial charge is 0.507 e. The number of hydrogen-bond donors (Lipinski definition) is 2. The van der Waals surface area contributed by atoms with Crippen molar-refractivity contribution >= 4 is 23.1 Å². The Morgan fingerprint density at radius 1 is 1.33 bits per heavy atom. The minimum atomic E-state index is -0.179. The summed E-state index contributed by atoms with van der Waals surface area (Å²) >= 11 is 6.09. The molecule has 5 heteroatoms. The Morgan fingerprint density at radius 2 is 2.08 bits per heavy atom. The van der Waals surface area contributed by atoms with Crippen molar-refractivity contribution in [1.82, 2.24) is 4.90 Å². The summed E-state index contributed by atoms with van der Waals surface area (Å²) < 4.78 is 0. The first kappa shape index (κ1) is 16.8. The van der Waals surface area contributed by atoms with E-state index in [4.69, 9.17) is 11.6 Å². The molecule has 3 rings (SSSR count). The maximum absolute atomic E-state index is 11.6. The highest BCUT2D eigenvalue weighted by atomic mass is 35.5. The predicted molar refractivity (Wildman–Crippen MR) is 96.9 cm³/mol. The van der Waals surface area contributed by atoms with Gasteiger partial charge in [-0.05, 0) is 37.6 Å². The molecule has 0 saturated carbocycles. The number of halogens is 1. The third-order valence-corrected chi connectivity index (χ3v) is 4.56. The molecule has 2 N–H and O–H groups in total. The molecule has 0 bridgehead atoms. The Morgan fingerprint density at radius 3 is 2.79 bits per heavy atom. The number of para-hydroxylation sites is 1. The monoisotopic (exact) mass is 344 g/mol. The molecule has 0 spiro atoms. The van der Waals surface area contributed by atoms with Crippen LogP contribution in [0.3, 0.4) is 0 Å². The number of phenols is 1. The lowest BCUT2D eigenvalue weighted by Gasteiger charge is -2.19. The van der Waals surface area contributed by atoms with Crippen LogP contribution in [0.4, 0.5) is 5.69 Å². The number of nitrogens with one attached hydrogen (secondary N) is 1. The molecule has 126 valence electrons. The number of carbonyl (C=O) groups is 1. The number of nitrogens with zero attached hydrogens (tertiary/aromatic N) is 1. The maximum Gasteiger partial charge on any atom is 0.163 e. The second-order valence-electron chi connectivity index (χ2n) is 6.25. The number of carbonyl (C=O) groups excluding carboxylic acids is 1. The number of benzene rings is 2. The Hall–Kier alpha value is -2.04. The zero-order valence-corrected chi connectivity index (χ0v) is 14.4. The van der Waals surface area contributed by atoms with Gasteiger partial charge >= 0.3 is 0 Å². The molecule has 1 saturated heterocycles. The summed E-state index contributed by atoms with van der Waals surface area (Å²) in [5, 5.41) is 14.3. The summed E-state index contributed by atoms with van der Waals surface area (Å²) in [6.45, 7) is 3.84. The van der Waals surface area contributed by atoms with Crippen LogP contribution < -0.4 is 5.32 Å². The second kappa shape index (κ2) is 7.24. The van der Waals surface area contributed by atoms with E-state index in [1.54, 1.807) is 6.07 Å². The highest BCUT2D eigenvalue weighted by Gasteiger charge is 2.24. The van der Waals surface area contributed by atoms with Crippen LogP contribution in [0, 0.1) is 0 Å². The fourth-order valence-corrected chi connectivity index (χ4v) is 3.39. The van der Waals surface area contributed by atoms with E-state index in [9.17, 15) is 9.90 Å². The van der Waals surface area contributed by atoms with Gasteiger partial charge in [0.25, 0.3) is 0 Å². The van der Waals surface area contributed by atoms with Gasteiger partial charge < -0.3 is 10.4 Å². The molecule has 1 unspecified atom stereocenters. The second-order valence-corrected chi connectivity index (χ2v) is 6.68. The predicted octanol–water partition coefficient (Wildman–Crippen LogP) is 3.93. The van der Waals surface area contributed by atoms with Crippen LogP contribution in [0.2, 0.25) is 5.02 Å². The average molecular weight is 345 g/mol. The molecule has 0 amide bonds. The molecule has 2 aromatic rings. The van der Waals surface area contributed by atoms with Crippen molar-refractivity contribution in [1.29, 1.82) is 0 Å². The van der Waals surface area contributed by atoms with Gasteiger partial charge in [-0.3, -0.25) is 9.69 Å². The fourth-order valence-electron chi connectivity index (χ4n) is 3.15. The maximum atomic E-state index is 11.6. The first-order valence-corrected chi connectivity index (χ1v) is 8.47. The molecular formula is C19H21ClN2O2. The van der Waals surface area contributed by atoms with E-state index in [-0.39, 0.29) is 17.1 Å². The van der Waals surface area contributed by atoms with Crippen molar-refractivity contribution in [2.75, 3.05) is 18.4 Å². The van der Waals surface area contributed by atoms with E-state index in [0.29, 0.717) is 23.2 Å². The Bertz CT molecular complexity index is 734. The number of likely N-dealkylation sites (tertiary alicyclic amines) is 1. The smallest absolute Gasteiger partial charge is 0.163 e. The molecule has 0 aliphatic carbocycles. The lowest BCUT2D eigenvalue weighted by Crippen LogP contribution is -2.26. The molecule has 1 aliphatic rings. The lowest BCUT2D eigenvalue weighted by molar-refractivity contribution is 0.101. The van der Waals surface area contributed by atoms with Gasteiger partial charge in [-0.15, -0.1) is 0 Å². The van der Waals surface area contributed by atoms with E-state index in [2.05, 4.69) is 22.3 Å². The SMILES string of the molecule is CC(=O)c1cc(Cl)cc(CN2CCC(Nc3ccccc3)C2)c1O. The molecule has 4 nitrogen and oxygen atoms in total. The number of hydrogen-bond acceptors (Lipinski definition) is 4. The standard InChI is InChI=1S/C19H21ClN2O2/c1-13(23)18-10-15(20)9-14(19(18)24)11-22-8-7-17(12-22)21-16-5-3-2-4-6-16/h2-6,9-10,17,21,24H,7-8,11-12H2,1H3. The van der Waals surface area contributed by atoms with Gasteiger partial charge in [0.1, 0.15) is 5.75 Å². The first-order valence-electron chi connectivity index (χ1n) is 8.09. The number of rotatable bonds is 5. The van der Waals surface area contributed by atoms with E-state index in [0.717, 1.165) is 25.2 Å². The van der Waals surface area contributed by atoms with Gasteiger partial charge in [0.2, 0.25) is 0 Å². The van der Waals surface area contributed by atoms with Gasteiger partial charge in [0, 0.05) is 41.9 Å². The first-order chi connectivity index (χ1) is 11.5. The number of anilines is 1. The van der Waals surface area contributed by atoms with E-state index >= 15 is 0 Å². The molecule has 2 aromatic carbocycles. The van der Waals surface area contributed by atoms with Gasteiger partial charge in [-0.1, -0.05) is 29.8 Å². The summed E-state index contributed by atoms with van der Waals surface area (Å²) in [4.78, 5) is 13.9. The van der Waals surface area contributed by atoms with Crippen LogP contribution >= 0.6 is 11.6 Å². The van der Waals surface area contributed by atoms with Crippen LogP contribution in [-0.4, -0.2) is 34.9 Å². The summed E-state index contributed by atoms with van der Waals surface area (Å²) in [7, 11) is 0. The number of phenolic OH excluding ortho intramolecular Hbond substituents is 1. The quantitative estimate of drug-likeness (QED) is 0.807.